The van der Waals surface area contributed by atoms with Gasteiger partial charge in [-0.25, -0.2) is 15.0 Å². The number of carbonyl (C=O) groups excluding carboxylic acids is 1. The Kier molecular flexibility index (Phi) is 8.26. The summed E-state index contributed by atoms with van der Waals surface area (Å²) in [6, 6.07) is 7.78. The third kappa shape index (κ3) is 6.13. The van der Waals surface area contributed by atoms with E-state index in [0.717, 1.165) is 51.9 Å². The van der Waals surface area contributed by atoms with Gasteiger partial charge in [0.05, 0.1) is 0 Å². The Bertz CT molecular complexity index is 919. The molecule has 0 fully saturated rings. The molecule has 0 saturated heterocycles. The first-order valence-electron chi connectivity index (χ1n) is 9.35. The lowest BCUT2D eigenvalue weighted by molar-refractivity contribution is -0.116. The number of rotatable bonds is 10. The number of nitrogens with zero attached hydrogens (tertiary/aromatic N) is 3. The van der Waals surface area contributed by atoms with Gasteiger partial charge in [-0.05, 0) is 44.4 Å². The number of nitrogens with one attached hydrogen (secondary N) is 1. The molecule has 0 spiro atoms. The van der Waals surface area contributed by atoms with Crippen LogP contribution in [0.1, 0.15) is 31.5 Å². The molecule has 154 valence electrons. The van der Waals surface area contributed by atoms with Crippen LogP contribution in [0.25, 0.3) is 11.1 Å². The van der Waals surface area contributed by atoms with Crippen LogP contribution in [0.4, 0.5) is 5.69 Å². The summed E-state index contributed by atoms with van der Waals surface area (Å²) < 4.78 is 5.70. The number of para-hydroxylation sites is 2. The first kappa shape index (κ1) is 22.0. The summed E-state index contributed by atoms with van der Waals surface area (Å²) >= 11 is 4.66. The van der Waals surface area contributed by atoms with Gasteiger partial charge in [0.15, 0.2) is 5.58 Å². The lowest BCUT2D eigenvalue weighted by Crippen LogP contribution is -2.14. The van der Waals surface area contributed by atoms with Crippen LogP contribution in [-0.4, -0.2) is 39.1 Å². The third-order valence-electron chi connectivity index (χ3n) is 4.15. The molecule has 0 unspecified atom stereocenters. The number of thioether (sulfide) groups is 3. The molecular weight excluding hydrogens is 424 g/mol. The summed E-state index contributed by atoms with van der Waals surface area (Å²) in [5, 5.41) is 5.33. The zero-order valence-corrected chi connectivity index (χ0v) is 19.2. The van der Waals surface area contributed by atoms with E-state index in [1.807, 2.05) is 43.7 Å². The lowest BCUT2D eigenvalue weighted by atomic mass is 10.2. The molecule has 9 heteroatoms. The standard InChI is InChI=1S/C20H24N4O2S3/c1-13-21-18(27-2)17(19(22-13)28-3)24-16(25)11-5-4-8-12-29-20-23-14-9-6-7-10-15(14)26-20/h6-7,9-10H,4-5,8,11-12H2,1-3H3,(H,24,25). The SMILES string of the molecule is CSc1nc(C)nc(SC)c1NC(=O)CCCCCSc1nc2ccccc2o1. The van der Waals surface area contributed by atoms with Crippen LogP contribution in [0.15, 0.2) is 44.0 Å². The van der Waals surface area contributed by atoms with E-state index in [-0.39, 0.29) is 5.91 Å². The molecule has 1 amide bonds. The Morgan fingerprint density at radius 1 is 1.03 bits per heavy atom. The molecule has 1 aromatic carbocycles. The Hall–Kier alpha value is -1.71. The van der Waals surface area contributed by atoms with Gasteiger partial charge in [0.2, 0.25) is 5.91 Å². The lowest BCUT2D eigenvalue weighted by Gasteiger charge is -2.12. The maximum atomic E-state index is 12.4. The van der Waals surface area contributed by atoms with Crippen molar-refractivity contribution >= 4 is 58.0 Å². The number of unbranched alkanes of at least 4 members (excludes halogenated alkanes) is 2. The Morgan fingerprint density at radius 2 is 1.76 bits per heavy atom. The van der Waals surface area contributed by atoms with Gasteiger partial charge in [0.1, 0.15) is 27.1 Å². The van der Waals surface area contributed by atoms with Crippen molar-refractivity contribution in [2.45, 2.75) is 47.9 Å². The molecule has 1 N–H and O–H groups in total. The van der Waals surface area contributed by atoms with Crippen molar-refractivity contribution in [3.63, 3.8) is 0 Å². The first-order valence-corrected chi connectivity index (χ1v) is 12.8. The van der Waals surface area contributed by atoms with Crippen molar-refractivity contribution in [1.82, 2.24) is 15.0 Å². The van der Waals surface area contributed by atoms with E-state index < -0.39 is 0 Å². The number of hydrogen-bond acceptors (Lipinski definition) is 8. The average molecular weight is 449 g/mol. The molecular formula is C20H24N4O2S3. The molecule has 0 aliphatic rings. The minimum Gasteiger partial charge on any atom is -0.431 e. The molecule has 0 aliphatic carbocycles. The van der Waals surface area contributed by atoms with Crippen LogP contribution >= 0.6 is 35.3 Å². The van der Waals surface area contributed by atoms with Crippen molar-refractivity contribution in [2.75, 3.05) is 23.6 Å². The van der Waals surface area contributed by atoms with Crippen molar-refractivity contribution in [3.05, 3.63) is 30.1 Å². The van der Waals surface area contributed by atoms with Crippen molar-refractivity contribution < 1.29 is 9.21 Å². The van der Waals surface area contributed by atoms with Crippen LogP contribution in [0.5, 0.6) is 0 Å². The predicted molar refractivity (Wildman–Crippen MR) is 122 cm³/mol. The fraction of sp³-hybridized carbons (Fsp3) is 0.400. The highest BCUT2D eigenvalue weighted by atomic mass is 32.2. The van der Waals surface area contributed by atoms with E-state index in [4.69, 9.17) is 4.42 Å². The summed E-state index contributed by atoms with van der Waals surface area (Å²) in [4.78, 5) is 25.7. The minimum absolute atomic E-state index is 0.00894. The highest BCUT2D eigenvalue weighted by molar-refractivity contribution is 7.99. The number of benzene rings is 1. The minimum atomic E-state index is 0.00894. The second-order valence-corrected chi connectivity index (χ2v) is 8.96. The fourth-order valence-corrected chi connectivity index (χ4v) is 4.81. The van der Waals surface area contributed by atoms with Gasteiger partial charge in [-0.1, -0.05) is 30.3 Å². The predicted octanol–water partition coefficient (Wildman–Crippen LogP) is 5.66. The summed E-state index contributed by atoms with van der Waals surface area (Å²) in [6.07, 6.45) is 7.23. The smallest absolute Gasteiger partial charge is 0.256 e. The second-order valence-electron chi connectivity index (χ2n) is 6.32. The normalized spacial score (nSPS) is 11.1. The van der Waals surface area contributed by atoms with E-state index >= 15 is 0 Å². The summed E-state index contributed by atoms with van der Waals surface area (Å²) in [6.45, 7) is 1.87. The molecule has 0 atom stereocenters. The zero-order chi connectivity index (χ0) is 20.6. The third-order valence-corrected chi connectivity index (χ3v) is 6.43. The van der Waals surface area contributed by atoms with Crippen molar-refractivity contribution in [2.24, 2.45) is 0 Å². The number of carbonyl (C=O) groups is 1. The molecule has 0 radical (unpaired) electrons. The number of amides is 1. The van der Waals surface area contributed by atoms with Crippen LogP contribution in [0, 0.1) is 6.92 Å². The number of aryl methyl sites for hydroxylation is 1. The van der Waals surface area contributed by atoms with Gasteiger partial charge >= 0.3 is 0 Å². The largest absolute Gasteiger partial charge is 0.431 e. The molecule has 2 aromatic heterocycles. The highest BCUT2D eigenvalue weighted by Crippen LogP contribution is 2.31. The van der Waals surface area contributed by atoms with Gasteiger partial charge in [0.25, 0.3) is 5.22 Å². The van der Waals surface area contributed by atoms with E-state index in [9.17, 15) is 4.79 Å². The zero-order valence-electron chi connectivity index (χ0n) is 16.7. The molecule has 3 aromatic rings. The molecule has 0 saturated carbocycles. The molecule has 0 aliphatic heterocycles. The van der Waals surface area contributed by atoms with Gasteiger partial charge in [0, 0.05) is 12.2 Å². The number of aromatic nitrogens is 3. The molecule has 2 heterocycles. The van der Waals surface area contributed by atoms with E-state index in [1.165, 1.54) is 23.5 Å². The number of anilines is 1. The van der Waals surface area contributed by atoms with Gasteiger partial charge in [-0.2, -0.15) is 0 Å². The molecule has 0 bridgehead atoms. The van der Waals surface area contributed by atoms with Gasteiger partial charge < -0.3 is 9.73 Å². The van der Waals surface area contributed by atoms with Gasteiger partial charge in [-0.15, -0.1) is 23.5 Å². The summed E-state index contributed by atoms with van der Waals surface area (Å²) in [7, 11) is 0. The Morgan fingerprint density at radius 3 is 2.45 bits per heavy atom. The van der Waals surface area contributed by atoms with Crippen LogP contribution in [0.3, 0.4) is 0 Å². The Balaban J connectivity index is 1.40. The van der Waals surface area contributed by atoms with E-state index in [1.54, 1.807) is 11.8 Å². The highest BCUT2D eigenvalue weighted by Gasteiger charge is 2.15. The topological polar surface area (TPSA) is 80.9 Å². The molecule has 3 rings (SSSR count). The van der Waals surface area contributed by atoms with Crippen LogP contribution < -0.4 is 5.32 Å². The second kappa shape index (κ2) is 10.9. The van der Waals surface area contributed by atoms with Crippen LogP contribution in [0.2, 0.25) is 0 Å². The first-order chi connectivity index (χ1) is 14.1. The Labute approximate surface area is 183 Å². The monoisotopic (exact) mass is 448 g/mol. The molecule has 29 heavy (non-hydrogen) atoms. The number of hydrogen-bond donors (Lipinski definition) is 1. The van der Waals surface area contributed by atoms with E-state index in [2.05, 4.69) is 20.3 Å². The summed E-state index contributed by atoms with van der Waals surface area (Å²) in [5.41, 5.74) is 2.44. The maximum Gasteiger partial charge on any atom is 0.256 e. The maximum absolute atomic E-state index is 12.4. The summed E-state index contributed by atoms with van der Waals surface area (Å²) in [5.74, 6) is 1.65. The number of fused-ring (bicyclic) bond motifs is 1. The van der Waals surface area contributed by atoms with Crippen molar-refractivity contribution in [3.8, 4) is 0 Å². The van der Waals surface area contributed by atoms with E-state index in [0.29, 0.717) is 17.5 Å². The van der Waals surface area contributed by atoms with Crippen LogP contribution in [-0.2, 0) is 4.79 Å². The molecule has 6 nitrogen and oxygen atoms in total. The fourth-order valence-electron chi connectivity index (χ4n) is 2.76. The average Bonchev–Trinajstić information content (AvgIpc) is 3.14. The van der Waals surface area contributed by atoms with Gasteiger partial charge in [-0.3, -0.25) is 4.79 Å². The number of oxazole rings is 1. The quantitative estimate of drug-likeness (QED) is 0.242. The van der Waals surface area contributed by atoms with Crippen molar-refractivity contribution in [1.29, 1.82) is 0 Å².